The average Bonchev–Trinajstić information content (AvgIpc) is 3.35. The SMILES string of the molecule is CCCCCCCCCCCCCCCCCCCCCCCCCCCC(=O)OC(COC(=O)CCCCCCCCCCCCCCCCCCCCCCCCCC)COP(=O)(O)OCCN. The van der Waals surface area contributed by atoms with Crippen LogP contribution < -0.4 is 5.73 Å². The van der Waals surface area contributed by atoms with E-state index >= 15 is 0 Å². The molecule has 0 saturated carbocycles. The lowest BCUT2D eigenvalue weighted by molar-refractivity contribution is -0.161. The molecule has 0 radical (unpaired) electrons. The Hall–Kier alpha value is -0.990. The standard InChI is InChI=1S/C60H120NO8P/c1-3-5-7-9-11-13-15-17-19-21-23-25-27-29-31-33-35-37-39-41-43-45-47-49-51-53-60(63)69-58(57-68-70(64,65)67-55-54-61)56-66-59(62)52-50-48-46-44-42-40-38-36-34-32-30-28-26-24-22-20-18-16-14-12-10-8-6-4-2/h58H,3-57,61H2,1-2H3,(H,64,65). The van der Waals surface area contributed by atoms with E-state index in [1.165, 1.54) is 276 Å². The minimum Gasteiger partial charge on any atom is -0.462 e. The number of rotatable bonds is 60. The van der Waals surface area contributed by atoms with Crippen LogP contribution >= 0.6 is 7.82 Å². The molecule has 2 atom stereocenters. The van der Waals surface area contributed by atoms with Crippen LogP contribution in [0.2, 0.25) is 0 Å². The van der Waals surface area contributed by atoms with Crippen molar-refractivity contribution in [3.8, 4) is 0 Å². The first-order valence-corrected chi connectivity index (χ1v) is 32.5. The van der Waals surface area contributed by atoms with Gasteiger partial charge >= 0.3 is 19.8 Å². The summed E-state index contributed by atoms with van der Waals surface area (Å²) in [5.74, 6) is -0.800. The second kappa shape index (κ2) is 57.3. The number of unbranched alkanes of at least 4 members (excludes halogenated alkanes) is 47. The molecular formula is C60H120NO8P. The van der Waals surface area contributed by atoms with Gasteiger partial charge in [-0.1, -0.05) is 316 Å². The fourth-order valence-corrected chi connectivity index (χ4v) is 10.4. The molecule has 10 heteroatoms. The van der Waals surface area contributed by atoms with E-state index in [0.29, 0.717) is 12.8 Å². The summed E-state index contributed by atoms with van der Waals surface area (Å²) >= 11 is 0. The van der Waals surface area contributed by atoms with Crippen molar-refractivity contribution in [1.29, 1.82) is 0 Å². The van der Waals surface area contributed by atoms with Gasteiger partial charge in [-0.25, -0.2) is 4.57 Å². The highest BCUT2D eigenvalue weighted by Crippen LogP contribution is 2.43. The van der Waals surface area contributed by atoms with Crippen LogP contribution in [-0.2, 0) is 32.7 Å². The lowest BCUT2D eigenvalue weighted by Gasteiger charge is -2.19. The molecule has 2 unspecified atom stereocenters. The lowest BCUT2D eigenvalue weighted by atomic mass is 10.0. The van der Waals surface area contributed by atoms with Crippen molar-refractivity contribution in [2.24, 2.45) is 5.73 Å². The molecule has 0 spiro atoms. The second-order valence-electron chi connectivity index (χ2n) is 21.3. The van der Waals surface area contributed by atoms with Gasteiger partial charge in [0, 0.05) is 19.4 Å². The maximum Gasteiger partial charge on any atom is 0.472 e. The molecule has 0 rings (SSSR count). The normalized spacial score (nSPS) is 12.9. The van der Waals surface area contributed by atoms with Crippen LogP contribution in [0.4, 0.5) is 0 Å². The number of carbonyl (C=O) groups is 2. The number of phosphoric ester groups is 1. The Morgan fingerprint density at radius 2 is 0.614 bits per heavy atom. The molecule has 0 aromatic rings. The van der Waals surface area contributed by atoms with E-state index in [1.807, 2.05) is 0 Å². The summed E-state index contributed by atoms with van der Waals surface area (Å²) in [7, 11) is -4.38. The summed E-state index contributed by atoms with van der Waals surface area (Å²) in [5.41, 5.74) is 5.39. The molecule has 0 fully saturated rings. The third kappa shape index (κ3) is 56.3. The fourth-order valence-electron chi connectivity index (χ4n) is 9.64. The van der Waals surface area contributed by atoms with E-state index < -0.39 is 26.5 Å². The summed E-state index contributed by atoms with van der Waals surface area (Å²) in [5, 5.41) is 0. The van der Waals surface area contributed by atoms with E-state index in [0.717, 1.165) is 32.1 Å². The third-order valence-electron chi connectivity index (χ3n) is 14.2. The Balaban J connectivity index is 3.87. The number of ether oxygens (including phenoxy) is 2. The first-order chi connectivity index (χ1) is 34.3. The molecule has 418 valence electrons. The Bertz CT molecular complexity index is 1110. The highest BCUT2D eigenvalue weighted by Gasteiger charge is 2.26. The summed E-state index contributed by atoms with van der Waals surface area (Å²) in [6, 6.07) is 0. The maximum atomic E-state index is 12.7. The zero-order valence-electron chi connectivity index (χ0n) is 46.8. The molecule has 0 heterocycles. The highest BCUT2D eigenvalue weighted by atomic mass is 31.2. The molecule has 0 aliphatic rings. The van der Waals surface area contributed by atoms with E-state index in [1.54, 1.807) is 0 Å². The molecule has 9 nitrogen and oxygen atoms in total. The van der Waals surface area contributed by atoms with Crippen LogP contribution in [-0.4, -0.2) is 49.3 Å². The Morgan fingerprint density at radius 3 is 0.871 bits per heavy atom. The van der Waals surface area contributed by atoms with Crippen LogP contribution in [0.5, 0.6) is 0 Å². The zero-order valence-corrected chi connectivity index (χ0v) is 47.7. The first kappa shape index (κ1) is 69.0. The Labute approximate surface area is 435 Å². The van der Waals surface area contributed by atoms with Crippen molar-refractivity contribution < 1.29 is 37.6 Å². The maximum absolute atomic E-state index is 12.7. The minimum absolute atomic E-state index is 0.0587. The molecule has 0 amide bonds. The van der Waals surface area contributed by atoms with Gasteiger partial charge in [0.05, 0.1) is 13.2 Å². The Morgan fingerprint density at radius 1 is 0.371 bits per heavy atom. The predicted molar refractivity (Wildman–Crippen MR) is 298 cm³/mol. The molecule has 70 heavy (non-hydrogen) atoms. The van der Waals surface area contributed by atoms with Crippen LogP contribution in [0.3, 0.4) is 0 Å². The van der Waals surface area contributed by atoms with Gasteiger partial charge in [-0.3, -0.25) is 18.6 Å². The van der Waals surface area contributed by atoms with Crippen LogP contribution in [0, 0.1) is 0 Å². The second-order valence-corrected chi connectivity index (χ2v) is 22.8. The van der Waals surface area contributed by atoms with Gasteiger partial charge in [-0.2, -0.15) is 0 Å². The topological polar surface area (TPSA) is 134 Å². The minimum atomic E-state index is -4.38. The largest absolute Gasteiger partial charge is 0.472 e. The van der Waals surface area contributed by atoms with Crippen molar-refractivity contribution >= 4 is 19.8 Å². The fraction of sp³-hybridized carbons (Fsp3) is 0.967. The summed E-state index contributed by atoms with van der Waals surface area (Å²) < 4.78 is 33.1. The number of hydrogen-bond donors (Lipinski definition) is 2. The van der Waals surface area contributed by atoms with Crippen molar-refractivity contribution in [2.45, 2.75) is 347 Å². The van der Waals surface area contributed by atoms with Gasteiger partial charge in [0.25, 0.3) is 0 Å². The monoisotopic (exact) mass is 1010 g/mol. The molecule has 0 bridgehead atoms. The van der Waals surface area contributed by atoms with Crippen LogP contribution in [0.1, 0.15) is 341 Å². The smallest absolute Gasteiger partial charge is 0.462 e. The van der Waals surface area contributed by atoms with E-state index in [2.05, 4.69) is 13.8 Å². The van der Waals surface area contributed by atoms with Crippen molar-refractivity contribution in [1.82, 2.24) is 0 Å². The molecular weight excluding hydrogens is 894 g/mol. The number of nitrogens with two attached hydrogens (primary N) is 1. The van der Waals surface area contributed by atoms with Gasteiger partial charge in [0.2, 0.25) is 0 Å². The predicted octanol–water partition coefficient (Wildman–Crippen LogP) is 19.5. The summed E-state index contributed by atoms with van der Waals surface area (Å²) in [6.45, 7) is 3.83. The number of hydrogen-bond acceptors (Lipinski definition) is 8. The molecule has 0 aliphatic carbocycles. The van der Waals surface area contributed by atoms with Gasteiger partial charge in [-0.15, -0.1) is 0 Å². The van der Waals surface area contributed by atoms with Crippen LogP contribution in [0.15, 0.2) is 0 Å². The lowest BCUT2D eigenvalue weighted by Crippen LogP contribution is -2.29. The molecule has 0 aromatic carbocycles. The van der Waals surface area contributed by atoms with E-state index in [9.17, 15) is 19.0 Å². The third-order valence-corrected chi connectivity index (χ3v) is 15.2. The number of esters is 2. The first-order valence-electron chi connectivity index (χ1n) is 31.0. The van der Waals surface area contributed by atoms with Crippen molar-refractivity contribution in [2.75, 3.05) is 26.4 Å². The highest BCUT2D eigenvalue weighted by molar-refractivity contribution is 7.47. The summed E-state index contributed by atoms with van der Waals surface area (Å²) in [4.78, 5) is 35.2. The van der Waals surface area contributed by atoms with Gasteiger partial charge in [-0.05, 0) is 12.8 Å². The molecule has 0 saturated heterocycles. The average molecular weight is 1010 g/mol. The van der Waals surface area contributed by atoms with Gasteiger partial charge in [0.1, 0.15) is 6.61 Å². The van der Waals surface area contributed by atoms with Crippen molar-refractivity contribution in [3.05, 3.63) is 0 Å². The van der Waals surface area contributed by atoms with Gasteiger partial charge in [0.15, 0.2) is 6.10 Å². The number of carbonyl (C=O) groups excluding carboxylic acids is 2. The Kier molecular flexibility index (Phi) is 56.5. The molecule has 0 aromatic heterocycles. The zero-order chi connectivity index (χ0) is 51.0. The number of phosphoric acid groups is 1. The van der Waals surface area contributed by atoms with E-state index in [-0.39, 0.29) is 32.1 Å². The molecule has 3 N–H and O–H groups in total. The quantitative estimate of drug-likeness (QED) is 0.0347. The van der Waals surface area contributed by atoms with Crippen molar-refractivity contribution in [3.63, 3.8) is 0 Å². The van der Waals surface area contributed by atoms with Gasteiger partial charge < -0.3 is 20.1 Å². The van der Waals surface area contributed by atoms with E-state index in [4.69, 9.17) is 24.3 Å². The van der Waals surface area contributed by atoms with Crippen LogP contribution in [0.25, 0.3) is 0 Å². The summed E-state index contributed by atoms with van der Waals surface area (Å²) in [6.07, 6.45) is 64.6. The molecule has 0 aliphatic heterocycles.